The van der Waals surface area contributed by atoms with Gasteiger partial charge in [0.05, 0.1) is 0 Å². The van der Waals surface area contributed by atoms with Crippen molar-refractivity contribution in [2.45, 2.75) is 6.18 Å². The molecule has 0 spiro atoms. The average Bonchev–Trinajstić information content (AvgIpc) is 2.45. The van der Waals surface area contributed by atoms with E-state index in [0.29, 0.717) is 0 Å². The number of rotatable bonds is 4. The number of halogens is 4. The molecule has 1 aromatic heterocycles. The molecular formula is C14H10F4N2O2. The maximum absolute atomic E-state index is 12.9. The Hall–Kier alpha value is -2.64. The molecular weight excluding hydrogens is 304 g/mol. The highest BCUT2D eigenvalue weighted by Gasteiger charge is 2.32. The van der Waals surface area contributed by atoms with E-state index in [1.165, 1.54) is 24.3 Å². The van der Waals surface area contributed by atoms with Gasteiger partial charge in [-0.25, -0.2) is 9.37 Å². The number of alkyl halides is 3. The number of benzene rings is 1. The average molecular weight is 314 g/mol. The van der Waals surface area contributed by atoms with Crippen molar-refractivity contribution in [2.75, 3.05) is 11.9 Å². The van der Waals surface area contributed by atoms with Crippen LogP contribution in [0.25, 0.3) is 0 Å². The Morgan fingerprint density at radius 1 is 1.18 bits per heavy atom. The van der Waals surface area contributed by atoms with Crippen LogP contribution in [0, 0.1) is 5.82 Å². The van der Waals surface area contributed by atoms with Crippen LogP contribution in [-0.4, -0.2) is 17.5 Å². The van der Waals surface area contributed by atoms with Gasteiger partial charge in [0, 0.05) is 11.8 Å². The van der Waals surface area contributed by atoms with Gasteiger partial charge < -0.3 is 10.1 Å². The van der Waals surface area contributed by atoms with Crippen LogP contribution in [-0.2, 0) is 11.0 Å². The number of pyridine rings is 1. The molecule has 1 N–H and O–H groups in total. The number of carbonyl (C=O) groups excluding carboxylic acids is 1. The van der Waals surface area contributed by atoms with E-state index in [-0.39, 0.29) is 11.6 Å². The lowest BCUT2D eigenvalue weighted by Gasteiger charge is -2.09. The van der Waals surface area contributed by atoms with E-state index < -0.39 is 30.2 Å². The lowest BCUT2D eigenvalue weighted by molar-refractivity contribution is -0.141. The van der Waals surface area contributed by atoms with Gasteiger partial charge in [0.2, 0.25) is 5.88 Å². The first-order valence-corrected chi connectivity index (χ1v) is 6.07. The molecule has 1 aromatic carbocycles. The Labute approximate surface area is 122 Å². The quantitative estimate of drug-likeness (QED) is 0.881. The zero-order valence-corrected chi connectivity index (χ0v) is 11.0. The molecule has 1 heterocycles. The molecule has 0 radical (unpaired) electrons. The summed E-state index contributed by atoms with van der Waals surface area (Å²) < 4.78 is 55.2. The monoisotopic (exact) mass is 314 g/mol. The number of carbonyl (C=O) groups is 1. The summed E-state index contributed by atoms with van der Waals surface area (Å²) in [6, 6.07) is 8.28. The largest absolute Gasteiger partial charge is 0.468 e. The Kier molecular flexibility index (Phi) is 4.59. The van der Waals surface area contributed by atoms with Crippen LogP contribution in [0.15, 0.2) is 42.5 Å². The van der Waals surface area contributed by atoms with E-state index in [9.17, 15) is 22.4 Å². The predicted molar refractivity (Wildman–Crippen MR) is 69.8 cm³/mol. The standard InChI is InChI=1S/C14H10F4N2O2/c15-9-3-1-4-10(7-9)19-12(21)8-22-13-6-2-5-11(20-13)14(16,17)18/h1-7H,8H2,(H,19,21). The molecule has 2 aromatic rings. The first-order chi connectivity index (χ1) is 10.3. The minimum Gasteiger partial charge on any atom is -0.468 e. The molecule has 0 aliphatic carbocycles. The third kappa shape index (κ3) is 4.44. The summed E-state index contributed by atoms with van der Waals surface area (Å²) >= 11 is 0. The fourth-order valence-electron chi connectivity index (χ4n) is 1.56. The molecule has 0 aliphatic heterocycles. The second-order valence-corrected chi connectivity index (χ2v) is 4.21. The van der Waals surface area contributed by atoms with Crippen LogP contribution in [0.5, 0.6) is 5.88 Å². The van der Waals surface area contributed by atoms with Gasteiger partial charge in [0.1, 0.15) is 11.5 Å². The van der Waals surface area contributed by atoms with Crippen molar-refractivity contribution in [3.05, 3.63) is 54.0 Å². The van der Waals surface area contributed by atoms with Crippen LogP contribution in [0.4, 0.5) is 23.2 Å². The van der Waals surface area contributed by atoms with E-state index in [0.717, 1.165) is 18.2 Å². The van der Waals surface area contributed by atoms with Crippen molar-refractivity contribution in [3.8, 4) is 5.88 Å². The van der Waals surface area contributed by atoms with E-state index in [1.807, 2.05) is 0 Å². The number of hydrogen-bond donors (Lipinski definition) is 1. The number of amides is 1. The second kappa shape index (κ2) is 6.42. The normalized spacial score (nSPS) is 11.1. The maximum atomic E-state index is 12.9. The molecule has 0 unspecified atom stereocenters. The van der Waals surface area contributed by atoms with Crippen LogP contribution in [0.1, 0.15) is 5.69 Å². The Morgan fingerprint density at radius 2 is 1.91 bits per heavy atom. The summed E-state index contributed by atoms with van der Waals surface area (Å²) in [6.45, 7) is -0.551. The van der Waals surface area contributed by atoms with Gasteiger partial charge in [-0.3, -0.25) is 4.79 Å². The summed E-state index contributed by atoms with van der Waals surface area (Å²) in [5.74, 6) is -1.51. The van der Waals surface area contributed by atoms with Gasteiger partial charge in [-0.1, -0.05) is 12.1 Å². The summed E-state index contributed by atoms with van der Waals surface area (Å²) in [6.07, 6.45) is -4.59. The first-order valence-electron chi connectivity index (χ1n) is 6.07. The fraction of sp³-hybridized carbons (Fsp3) is 0.143. The smallest absolute Gasteiger partial charge is 0.433 e. The highest BCUT2D eigenvalue weighted by Crippen LogP contribution is 2.28. The number of ether oxygens (including phenoxy) is 1. The lowest BCUT2D eigenvalue weighted by Crippen LogP contribution is -2.21. The molecule has 2 rings (SSSR count). The minimum atomic E-state index is -4.59. The van der Waals surface area contributed by atoms with Crippen molar-refractivity contribution in [3.63, 3.8) is 0 Å². The summed E-state index contributed by atoms with van der Waals surface area (Å²) in [5.41, 5.74) is -0.902. The van der Waals surface area contributed by atoms with Gasteiger partial charge in [-0.15, -0.1) is 0 Å². The summed E-state index contributed by atoms with van der Waals surface area (Å²) in [7, 11) is 0. The van der Waals surface area contributed by atoms with E-state index in [2.05, 4.69) is 10.3 Å². The predicted octanol–water partition coefficient (Wildman–Crippen LogP) is 3.26. The molecule has 0 saturated heterocycles. The molecule has 0 fully saturated rings. The first kappa shape index (κ1) is 15.7. The van der Waals surface area contributed by atoms with Gasteiger partial charge in [0.25, 0.3) is 5.91 Å². The Morgan fingerprint density at radius 3 is 2.59 bits per heavy atom. The highest BCUT2D eigenvalue weighted by atomic mass is 19.4. The molecule has 0 atom stereocenters. The van der Waals surface area contributed by atoms with Gasteiger partial charge in [0.15, 0.2) is 6.61 Å². The van der Waals surface area contributed by atoms with Gasteiger partial charge >= 0.3 is 6.18 Å². The molecule has 0 aliphatic rings. The minimum absolute atomic E-state index is 0.214. The SMILES string of the molecule is O=C(COc1cccc(C(F)(F)F)n1)Nc1cccc(F)c1. The summed E-state index contributed by atoms with van der Waals surface area (Å²) in [4.78, 5) is 14.8. The summed E-state index contributed by atoms with van der Waals surface area (Å²) in [5, 5.41) is 2.34. The Bertz CT molecular complexity index is 674. The maximum Gasteiger partial charge on any atom is 0.433 e. The third-order valence-electron chi connectivity index (χ3n) is 2.47. The number of anilines is 1. The van der Waals surface area contributed by atoms with Crippen molar-refractivity contribution in [1.82, 2.24) is 4.98 Å². The molecule has 0 bridgehead atoms. The number of nitrogens with one attached hydrogen (secondary N) is 1. The van der Waals surface area contributed by atoms with Crippen molar-refractivity contribution >= 4 is 11.6 Å². The van der Waals surface area contributed by atoms with E-state index >= 15 is 0 Å². The topological polar surface area (TPSA) is 51.2 Å². The molecule has 4 nitrogen and oxygen atoms in total. The van der Waals surface area contributed by atoms with Gasteiger partial charge in [-0.05, 0) is 24.3 Å². The van der Waals surface area contributed by atoms with E-state index in [4.69, 9.17) is 4.74 Å². The molecule has 8 heteroatoms. The highest BCUT2D eigenvalue weighted by molar-refractivity contribution is 5.91. The molecule has 0 saturated carbocycles. The lowest BCUT2D eigenvalue weighted by atomic mass is 10.3. The third-order valence-corrected chi connectivity index (χ3v) is 2.47. The number of aromatic nitrogens is 1. The zero-order valence-electron chi connectivity index (χ0n) is 11.0. The Balaban J connectivity index is 1.94. The van der Waals surface area contributed by atoms with Crippen LogP contribution in [0.3, 0.4) is 0 Å². The van der Waals surface area contributed by atoms with Crippen LogP contribution < -0.4 is 10.1 Å². The molecule has 116 valence electrons. The van der Waals surface area contributed by atoms with Crippen molar-refractivity contribution < 1.29 is 27.1 Å². The number of nitrogens with zero attached hydrogens (tertiary/aromatic N) is 1. The van der Waals surface area contributed by atoms with Gasteiger partial charge in [-0.2, -0.15) is 13.2 Å². The molecule has 1 amide bonds. The fourth-order valence-corrected chi connectivity index (χ4v) is 1.56. The van der Waals surface area contributed by atoms with Crippen LogP contribution in [0.2, 0.25) is 0 Å². The van der Waals surface area contributed by atoms with Crippen molar-refractivity contribution in [2.24, 2.45) is 0 Å². The van der Waals surface area contributed by atoms with Crippen LogP contribution >= 0.6 is 0 Å². The number of hydrogen-bond acceptors (Lipinski definition) is 3. The second-order valence-electron chi connectivity index (χ2n) is 4.21. The molecule has 22 heavy (non-hydrogen) atoms. The van der Waals surface area contributed by atoms with E-state index in [1.54, 1.807) is 0 Å². The van der Waals surface area contributed by atoms with Crippen molar-refractivity contribution in [1.29, 1.82) is 0 Å². The zero-order chi connectivity index (χ0) is 16.2.